The van der Waals surface area contributed by atoms with Gasteiger partial charge in [-0.05, 0) is 31.9 Å². The molecular formula is C18H26Cl2N2O2. The van der Waals surface area contributed by atoms with Crippen molar-refractivity contribution in [3.63, 3.8) is 0 Å². The van der Waals surface area contributed by atoms with Gasteiger partial charge in [-0.15, -0.1) is 0 Å². The maximum atomic E-state index is 12.5. The second-order valence-electron chi connectivity index (χ2n) is 5.79. The van der Waals surface area contributed by atoms with E-state index < -0.39 is 6.04 Å². The SMILES string of the molecule is CCCCNC(=O)[C@@H](C)N(Cc1c(Cl)cccc1Cl)C(=O)CCC. The van der Waals surface area contributed by atoms with Crippen molar-refractivity contribution in [2.24, 2.45) is 0 Å². The molecule has 1 aromatic carbocycles. The molecule has 0 aromatic heterocycles. The highest BCUT2D eigenvalue weighted by molar-refractivity contribution is 6.36. The minimum Gasteiger partial charge on any atom is -0.354 e. The molecule has 1 atom stereocenters. The van der Waals surface area contributed by atoms with Crippen molar-refractivity contribution in [1.29, 1.82) is 0 Å². The zero-order valence-corrected chi connectivity index (χ0v) is 16.1. The van der Waals surface area contributed by atoms with Gasteiger partial charge >= 0.3 is 0 Å². The first-order chi connectivity index (χ1) is 11.4. The van der Waals surface area contributed by atoms with Crippen molar-refractivity contribution in [2.75, 3.05) is 6.54 Å². The average molecular weight is 373 g/mol. The summed E-state index contributed by atoms with van der Waals surface area (Å²) in [5.41, 5.74) is 0.665. The topological polar surface area (TPSA) is 49.4 Å². The Bertz CT molecular complexity index is 544. The second-order valence-corrected chi connectivity index (χ2v) is 6.61. The highest BCUT2D eigenvalue weighted by atomic mass is 35.5. The monoisotopic (exact) mass is 372 g/mol. The van der Waals surface area contributed by atoms with Gasteiger partial charge in [0.05, 0.1) is 0 Å². The van der Waals surface area contributed by atoms with Crippen molar-refractivity contribution < 1.29 is 9.59 Å². The number of halogens is 2. The van der Waals surface area contributed by atoms with Crippen molar-refractivity contribution in [1.82, 2.24) is 10.2 Å². The van der Waals surface area contributed by atoms with E-state index in [-0.39, 0.29) is 18.4 Å². The van der Waals surface area contributed by atoms with Crippen LogP contribution in [0.15, 0.2) is 18.2 Å². The van der Waals surface area contributed by atoms with Gasteiger partial charge in [-0.3, -0.25) is 9.59 Å². The lowest BCUT2D eigenvalue weighted by atomic mass is 10.1. The van der Waals surface area contributed by atoms with Crippen molar-refractivity contribution >= 4 is 35.0 Å². The first-order valence-corrected chi connectivity index (χ1v) is 9.18. The van der Waals surface area contributed by atoms with Crippen molar-refractivity contribution in [3.8, 4) is 0 Å². The predicted molar refractivity (Wildman–Crippen MR) is 99.3 cm³/mol. The lowest BCUT2D eigenvalue weighted by Gasteiger charge is -2.29. The Balaban J connectivity index is 2.95. The summed E-state index contributed by atoms with van der Waals surface area (Å²) < 4.78 is 0. The molecule has 0 saturated heterocycles. The number of benzene rings is 1. The van der Waals surface area contributed by atoms with Crippen LogP contribution in [0.25, 0.3) is 0 Å². The Morgan fingerprint density at radius 3 is 2.33 bits per heavy atom. The van der Waals surface area contributed by atoms with Gasteiger partial charge in [0, 0.05) is 35.1 Å². The number of hydrogen-bond donors (Lipinski definition) is 1. The van der Waals surface area contributed by atoms with Crippen LogP contribution < -0.4 is 5.32 Å². The molecule has 2 amide bonds. The molecule has 1 rings (SSSR count). The molecule has 0 saturated carbocycles. The fraction of sp³-hybridized carbons (Fsp3) is 0.556. The number of nitrogens with zero attached hydrogens (tertiary/aromatic N) is 1. The molecule has 0 aliphatic carbocycles. The van der Waals surface area contributed by atoms with Gasteiger partial charge in [0.15, 0.2) is 0 Å². The number of unbranched alkanes of at least 4 members (excludes halogenated alkanes) is 1. The number of carbonyl (C=O) groups is 2. The van der Waals surface area contributed by atoms with Crippen LogP contribution in [0, 0.1) is 0 Å². The molecule has 0 spiro atoms. The Hall–Kier alpha value is -1.26. The summed E-state index contributed by atoms with van der Waals surface area (Å²) >= 11 is 12.4. The Kier molecular flexibility index (Phi) is 9.16. The molecule has 0 unspecified atom stereocenters. The van der Waals surface area contributed by atoms with Crippen LogP contribution in [0.2, 0.25) is 10.0 Å². The third-order valence-corrected chi connectivity index (χ3v) is 4.56. The number of rotatable bonds is 9. The number of carbonyl (C=O) groups excluding carboxylic acids is 2. The molecule has 0 aliphatic rings. The maximum Gasteiger partial charge on any atom is 0.242 e. The summed E-state index contributed by atoms with van der Waals surface area (Å²) in [6, 6.07) is 4.65. The van der Waals surface area contributed by atoms with Gasteiger partial charge in [0.25, 0.3) is 0 Å². The van der Waals surface area contributed by atoms with Crippen molar-refractivity contribution in [3.05, 3.63) is 33.8 Å². The molecule has 6 heteroatoms. The zero-order chi connectivity index (χ0) is 18.1. The summed E-state index contributed by atoms with van der Waals surface area (Å²) in [5, 5.41) is 3.87. The van der Waals surface area contributed by atoms with Gasteiger partial charge in [0.2, 0.25) is 11.8 Å². The molecule has 0 fully saturated rings. The first-order valence-electron chi connectivity index (χ1n) is 8.42. The van der Waals surface area contributed by atoms with Crippen LogP contribution >= 0.6 is 23.2 Å². The Morgan fingerprint density at radius 1 is 1.17 bits per heavy atom. The standard InChI is InChI=1S/C18H26Cl2N2O2/c1-4-6-11-21-18(24)13(3)22(17(23)8-5-2)12-14-15(19)9-7-10-16(14)20/h7,9-10,13H,4-6,8,11-12H2,1-3H3,(H,21,24)/t13-/m1/s1. The molecule has 24 heavy (non-hydrogen) atoms. The lowest BCUT2D eigenvalue weighted by molar-refractivity contribution is -0.140. The quantitative estimate of drug-likeness (QED) is 0.651. The normalized spacial score (nSPS) is 11.9. The molecule has 0 bridgehead atoms. The van der Waals surface area contributed by atoms with Gasteiger partial charge in [-0.2, -0.15) is 0 Å². The van der Waals surface area contributed by atoms with Crippen LogP contribution in [0.5, 0.6) is 0 Å². The summed E-state index contributed by atoms with van der Waals surface area (Å²) in [7, 11) is 0. The molecular weight excluding hydrogens is 347 g/mol. The molecule has 134 valence electrons. The van der Waals surface area contributed by atoms with E-state index in [0.717, 1.165) is 19.3 Å². The molecule has 0 aliphatic heterocycles. The minimum absolute atomic E-state index is 0.0772. The fourth-order valence-corrected chi connectivity index (χ4v) is 2.85. The van der Waals surface area contributed by atoms with Crippen LogP contribution in [0.1, 0.15) is 52.0 Å². The van der Waals surface area contributed by atoms with E-state index in [1.165, 1.54) is 0 Å². The molecule has 0 radical (unpaired) electrons. The van der Waals surface area contributed by atoms with E-state index in [9.17, 15) is 9.59 Å². The number of nitrogens with one attached hydrogen (secondary N) is 1. The van der Waals surface area contributed by atoms with E-state index in [0.29, 0.717) is 28.6 Å². The third kappa shape index (κ3) is 5.99. The average Bonchev–Trinajstić information content (AvgIpc) is 2.54. The molecule has 4 nitrogen and oxygen atoms in total. The highest BCUT2D eigenvalue weighted by Crippen LogP contribution is 2.26. The van der Waals surface area contributed by atoms with Gasteiger partial charge < -0.3 is 10.2 Å². The van der Waals surface area contributed by atoms with E-state index in [2.05, 4.69) is 12.2 Å². The highest BCUT2D eigenvalue weighted by Gasteiger charge is 2.26. The molecule has 0 heterocycles. The van der Waals surface area contributed by atoms with E-state index in [1.54, 1.807) is 30.0 Å². The first kappa shape index (κ1) is 20.8. The second kappa shape index (κ2) is 10.6. The summed E-state index contributed by atoms with van der Waals surface area (Å²) in [5.74, 6) is -0.234. The molecule has 1 aromatic rings. The predicted octanol–water partition coefficient (Wildman–Crippen LogP) is 4.43. The van der Waals surface area contributed by atoms with E-state index >= 15 is 0 Å². The van der Waals surface area contributed by atoms with Crippen molar-refractivity contribution in [2.45, 2.75) is 59.0 Å². The third-order valence-electron chi connectivity index (χ3n) is 3.85. The summed E-state index contributed by atoms with van der Waals surface area (Å²) in [6.45, 7) is 6.57. The van der Waals surface area contributed by atoms with Gasteiger partial charge in [0.1, 0.15) is 6.04 Å². The Morgan fingerprint density at radius 2 is 1.79 bits per heavy atom. The summed E-state index contributed by atoms with van der Waals surface area (Å²) in [6.07, 6.45) is 3.02. The summed E-state index contributed by atoms with van der Waals surface area (Å²) in [4.78, 5) is 26.4. The molecule has 1 N–H and O–H groups in total. The Labute approximate surface area is 154 Å². The van der Waals surface area contributed by atoms with Crippen LogP contribution in [0.3, 0.4) is 0 Å². The van der Waals surface area contributed by atoms with Gasteiger partial charge in [-0.1, -0.05) is 49.5 Å². The fourth-order valence-electron chi connectivity index (χ4n) is 2.33. The van der Waals surface area contributed by atoms with E-state index in [1.807, 2.05) is 6.92 Å². The lowest BCUT2D eigenvalue weighted by Crippen LogP contribution is -2.47. The van der Waals surface area contributed by atoms with Crippen LogP contribution in [-0.4, -0.2) is 29.3 Å². The van der Waals surface area contributed by atoms with Crippen LogP contribution in [0.4, 0.5) is 0 Å². The van der Waals surface area contributed by atoms with Gasteiger partial charge in [-0.25, -0.2) is 0 Å². The number of amides is 2. The minimum atomic E-state index is -0.576. The van der Waals surface area contributed by atoms with E-state index in [4.69, 9.17) is 23.2 Å². The zero-order valence-electron chi connectivity index (χ0n) is 14.6. The maximum absolute atomic E-state index is 12.5. The smallest absolute Gasteiger partial charge is 0.242 e. The number of hydrogen-bond acceptors (Lipinski definition) is 2. The largest absolute Gasteiger partial charge is 0.354 e. The van der Waals surface area contributed by atoms with Crippen LogP contribution in [-0.2, 0) is 16.1 Å².